The Morgan fingerprint density at radius 3 is 2.08 bits per heavy atom. The van der Waals surface area contributed by atoms with Crippen LogP contribution in [0.2, 0.25) is 0 Å². The molecule has 0 aliphatic carbocycles. The van der Waals surface area contributed by atoms with E-state index in [1.165, 1.54) is 0 Å². The van der Waals surface area contributed by atoms with Gasteiger partial charge in [-0.3, -0.25) is 0 Å². The number of hydrogen-bond donors (Lipinski definition) is 1. The molecule has 12 heavy (non-hydrogen) atoms. The molecule has 0 radical (unpaired) electrons. The van der Waals surface area contributed by atoms with Crippen molar-refractivity contribution in [1.82, 2.24) is 0 Å². The van der Waals surface area contributed by atoms with Crippen molar-refractivity contribution in [2.75, 3.05) is 0 Å². The van der Waals surface area contributed by atoms with Crippen LogP contribution in [0.4, 0.5) is 0 Å². The predicted molar refractivity (Wildman–Crippen MR) is 52.6 cm³/mol. The van der Waals surface area contributed by atoms with E-state index in [0.717, 1.165) is 25.7 Å². The van der Waals surface area contributed by atoms with E-state index in [0.29, 0.717) is 5.92 Å². The maximum Gasteiger partial charge on any atom is 0.508 e. The van der Waals surface area contributed by atoms with E-state index in [-0.39, 0.29) is 5.66 Å². The Balaban J connectivity index is 4.12. The molecule has 0 aromatic rings. The number of hydrogen-bond acceptors (Lipinski definition) is 1. The van der Waals surface area contributed by atoms with Crippen LogP contribution in [0.1, 0.15) is 46.5 Å². The van der Waals surface area contributed by atoms with E-state index >= 15 is 0 Å². The summed E-state index contributed by atoms with van der Waals surface area (Å²) in [4.78, 5) is 9.05. The Morgan fingerprint density at radius 2 is 1.83 bits per heavy atom. The van der Waals surface area contributed by atoms with Gasteiger partial charge in [0.25, 0.3) is 0 Å². The highest BCUT2D eigenvalue weighted by atomic mass is 31.1. The van der Waals surface area contributed by atoms with Gasteiger partial charge in [0.2, 0.25) is 0 Å². The van der Waals surface area contributed by atoms with Crippen molar-refractivity contribution in [2.24, 2.45) is 5.92 Å². The summed E-state index contributed by atoms with van der Waals surface area (Å²) in [6.45, 7) is 6.22. The van der Waals surface area contributed by atoms with E-state index in [9.17, 15) is 4.57 Å². The lowest BCUT2D eigenvalue weighted by atomic mass is 9.95. The first-order valence-corrected chi connectivity index (χ1v) is 6.10. The number of rotatable bonds is 6. The van der Waals surface area contributed by atoms with Gasteiger partial charge in [-0.25, -0.2) is 0 Å². The van der Waals surface area contributed by atoms with Crippen LogP contribution in [0.25, 0.3) is 0 Å². The SMILES string of the molecule is CCCC(CC)C(CC)[P+](=O)O. The van der Waals surface area contributed by atoms with Crippen LogP contribution in [0.3, 0.4) is 0 Å². The lowest BCUT2D eigenvalue weighted by molar-refractivity contribution is 0.396. The van der Waals surface area contributed by atoms with Gasteiger partial charge >= 0.3 is 8.03 Å². The van der Waals surface area contributed by atoms with Crippen LogP contribution in [-0.2, 0) is 4.57 Å². The molecule has 0 amide bonds. The molecule has 3 unspecified atom stereocenters. The summed E-state index contributed by atoms with van der Waals surface area (Å²) in [5, 5.41) is 0. The second kappa shape index (κ2) is 6.56. The summed E-state index contributed by atoms with van der Waals surface area (Å²) in [7, 11) is -1.97. The predicted octanol–water partition coefficient (Wildman–Crippen LogP) is 3.33. The minimum absolute atomic E-state index is 0.0185. The van der Waals surface area contributed by atoms with Crippen molar-refractivity contribution in [2.45, 2.75) is 52.1 Å². The second-order valence-corrected chi connectivity index (χ2v) is 4.50. The molecule has 72 valence electrons. The quantitative estimate of drug-likeness (QED) is 0.654. The fraction of sp³-hybridized carbons (Fsp3) is 1.00. The largest absolute Gasteiger partial charge is 0.508 e. The molecule has 0 aliphatic heterocycles. The third kappa shape index (κ3) is 3.64. The molecule has 0 heterocycles. The van der Waals surface area contributed by atoms with Gasteiger partial charge in [-0.15, -0.1) is 0 Å². The average molecular weight is 191 g/mol. The maximum absolute atomic E-state index is 11.0. The van der Waals surface area contributed by atoms with Crippen molar-refractivity contribution in [3.63, 3.8) is 0 Å². The molecule has 0 aromatic heterocycles. The fourth-order valence-corrected chi connectivity index (χ4v) is 2.74. The smallest absolute Gasteiger partial charge is 0.161 e. The maximum atomic E-state index is 11.0. The molecule has 0 aliphatic rings. The van der Waals surface area contributed by atoms with Gasteiger partial charge in [0.15, 0.2) is 5.66 Å². The van der Waals surface area contributed by atoms with Gasteiger partial charge in [-0.05, 0) is 23.8 Å². The highest BCUT2D eigenvalue weighted by molar-refractivity contribution is 7.38. The molecule has 0 spiro atoms. The van der Waals surface area contributed by atoms with Crippen LogP contribution in [0, 0.1) is 5.92 Å². The van der Waals surface area contributed by atoms with Gasteiger partial charge < -0.3 is 0 Å². The average Bonchev–Trinajstić information content (AvgIpc) is 2.03. The fourth-order valence-electron chi connectivity index (χ4n) is 1.71. The van der Waals surface area contributed by atoms with Crippen molar-refractivity contribution in [1.29, 1.82) is 0 Å². The molecule has 0 saturated carbocycles. The second-order valence-electron chi connectivity index (χ2n) is 3.24. The van der Waals surface area contributed by atoms with Crippen LogP contribution in [0.5, 0.6) is 0 Å². The zero-order chi connectivity index (χ0) is 9.56. The van der Waals surface area contributed by atoms with Gasteiger partial charge in [-0.2, -0.15) is 4.89 Å². The Bertz CT molecular complexity index is 136. The van der Waals surface area contributed by atoms with E-state index in [4.69, 9.17) is 4.89 Å². The van der Waals surface area contributed by atoms with E-state index < -0.39 is 8.03 Å². The van der Waals surface area contributed by atoms with Gasteiger partial charge in [-0.1, -0.05) is 27.2 Å². The monoisotopic (exact) mass is 191 g/mol. The summed E-state index contributed by atoms with van der Waals surface area (Å²) in [6.07, 6.45) is 4.03. The van der Waals surface area contributed by atoms with Crippen LogP contribution < -0.4 is 0 Å². The Kier molecular flexibility index (Phi) is 6.60. The molecule has 2 nitrogen and oxygen atoms in total. The van der Waals surface area contributed by atoms with Gasteiger partial charge in [0.1, 0.15) is 0 Å². The molecule has 0 aromatic carbocycles. The van der Waals surface area contributed by atoms with Crippen molar-refractivity contribution >= 4 is 8.03 Å². The van der Waals surface area contributed by atoms with E-state index in [1.807, 2.05) is 6.92 Å². The van der Waals surface area contributed by atoms with Gasteiger partial charge in [0.05, 0.1) is 0 Å². The van der Waals surface area contributed by atoms with Crippen LogP contribution in [0.15, 0.2) is 0 Å². The lowest BCUT2D eigenvalue weighted by Crippen LogP contribution is -2.15. The van der Waals surface area contributed by atoms with Gasteiger partial charge in [0, 0.05) is 5.92 Å². The molecule has 3 atom stereocenters. The third-order valence-electron chi connectivity index (χ3n) is 2.43. The molecule has 0 fully saturated rings. The molecular formula is C9H20O2P+. The molecule has 0 saturated heterocycles. The highest BCUT2D eigenvalue weighted by Crippen LogP contribution is 2.35. The van der Waals surface area contributed by atoms with Crippen molar-refractivity contribution < 1.29 is 9.46 Å². The molecule has 1 N–H and O–H groups in total. The minimum Gasteiger partial charge on any atom is -0.161 e. The molecular weight excluding hydrogens is 171 g/mol. The summed E-state index contributed by atoms with van der Waals surface area (Å²) in [5.74, 6) is 0.439. The normalized spacial score (nSPS) is 17.2. The van der Waals surface area contributed by atoms with Crippen molar-refractivity contribution in [3.05, 3.63) is 0 Å². The topological polar surface area (TPSA) is 37.3 Å². The van der Waals surface area contributed by atoms with Crippen LogP contribution in [-0.4, -0.2) is 10.6 Å². The Hall–Kier alpha value is 0.0600. The zero-order valence-corrected chi connectivity index (χ0v) is 9.18. The first kappa shape index (κ1) is 12.1. The summed E-state index contributed by atoms with van der Waals surface area (Å²) < 4.78 is 11.0. The zero-order valence-electron chi connectivity index (χ0n) is 8.29. The minimum atomic E-state index is -1.97. The Morgan fingerprint density at radius 1 is 1.25 bits per heavy atom. The van der Waals surface area contributed by atoms with Crippen LogP contribution >= 0.6 is 8.03 Å². The Labute approximate surface area is 76.2 Å². The first-order valence-electron chi connectivity index (χ1n) is 4.82. The summed E-state index contributed by atoms with van der Waals surface area (Å²) >= 11 is 0. The molecule has 3 heteroatoms. The van der Waals surface area contributed by atoms with E-state index in [1.54, 1.807) is 0 Å². The first-order chi connectivity index (χ1) is 5.67. The summed E-state index contributed by atoms with van der Waals surface area (Å²) in [5.41, 5.74) is 0.0185. The summed E-state index contributed by atoms with van der Waals surface area (Å²) in [6, 6.07) is 0. The van der Waals surface area contributed by atoms with E-state index in [2.05, 4.69) is 13.8 Å². The third-order valence-corrected chi connectivity index (χ3v) is 3.78. The molecule has 0 bridgehead atoms. The molecule has 0 rings (SSSR count). The highest BCUT2D eigenvalue weighted by Gasteiger charge is 2.33. The standard InChI is InChI=1S/C9H19O2P/c1-4-7-8(5-2)9(6-3)12(10)11/h8-9H,4-7H2,1-3H3/p+1. The lowest BCUT2D eigenvalue weighted by Gasteiger charge is -2.13. The van der Waals surface area contributed by atoms with Crippen molar-refractivity contribution in [3.8, 4) is 0 Å².